The van der Waals surface area contributed by atoms with Crippen molar-refractivity contribution in [3.8, 4) is 111 Å². The molecule has 2 N–H and O–H groups in total. The third-order valence-electron chi connectivity index (χ3n) is 22.3. The van der Waals surface area contributed by atoms with Crippen molar-refractivity contribution in [3.05, 3.63) is 374 Å². The average molecular weight is 1630 g/mol. The third-order valence-corrected chi connectivity index (χ3v) is 23.3. The van der Waals surface area contributed by atoms with E-state index in [1.165, 1.54) is 132 Å². The van der Waals surface area contributed by atoms with E-state index in [-0.39, 0.29) is 41.8 Å². The van der Waals surface area contributed by atoms with E-state index in [1.807, 2.05) is 48.5 Å². The Morgan fingerprint density at radius 2 is 0.592 bits per heavy atom. The first-order chi connectivity index (χ1) is 58.1. The Kier molecular flexibility index (Phi) is 24.1. The minimum absolute atomic E-state index is 0. The van der Waals surface area contributed by atoms with Gasteiger partial charge < -0.3 is 19.0 Å². The largest absolute Gasteiger partial charge is 0.507 e. The molecule has 0 saturated heterocycles. The van der Waals surface area contributed by atoms with Gasteiger partial charge in [0.05, 0.1) is 9.75 Å². The van der Waals surface area contributed by atoms with Gasteiger partial charge in [-0.25, -0.2) is 9.97 Å². The molecular weight excluding hydrogens is 1540 g/mol. The number of phenols is 2. The quantitative estimate of drug-likeness (QED) is 0.0382. The molecule has 19 aromatic rings. The summed E-state index contributed by atoms with van der Waals surface area (Å²) in [5.41, 5.74) is 24.6. The van der Waals surface area contributed by atoms with E-state index < -0.39 is 0 Å². The molecule has 8 nitrogen and oxygen atoms in total. The molecule has 10 heteroatoms. The Morgan fingerprint density at radius 1 is 0.292 bits per heavy atom. The molecule has 0 aliphatic heterocycles. The number of rotatable bonds is 18. The van der Waals surface area contributed by atoms with Gasteiger partial charge >= 0.3 is 0 Å². The molecule has 0 fully saturated rings. The van der Waals surface area contributed by atoms with Crippen LogP contribution in [0.1, 0.15) is 89.5 Å². The van der Waals surface area contributed by atoms with Gasteiger partial charge in [0.25, 0.3) is 0 Å². The van der Waals surface area contributed by atoms with Crippen molar-refractivity contribution in [1.82, 2.24) is 9.97 Å². The molecule has 16 aromatic carbocycles. The van der Waals surface area contributed by atoms with Crippen LogP contribution in [-0.2, 0) is 30.3 Å². The monoisotopic (exact) mass is 1630 g/mol. The Morgan fingerprint density at radius 3 is 0.950 bits per heavy atom. The number of fused-ring (bicyclic) bond motifs is 8. The molecule has 3 aromatic heterocycles. The minimum Gasteiger partial charge on any atom is -0.507 e. The fourth-order valence-electron chi connectivity index (χ4n) is 16.0. The van der Waals surface area contributed by atoms with Crippen LogP contribution >= 0.6 is 11.3 Å². The second-order valence-corrected chi connectivity index (χ2v) is 33.5. The van der Waals surface area contributed by atoms with Crippen LogP contribution in [-0.4, -0.2) is 45.7 Å². The minimum atomic E-state index is 0. The molecule has 0 spiro atoms. The Bertz CT molecular complexity index is 6490. The molecule has 0 unspecified atom stereocenters. The van der Waals surface area contributed by atoms with Crippen LogP contribution in [0.15, 0.2) is 371 Å². The van der Waals surface area contributed by atoms with Crippen LogP contribution < -0.4 is 0 Å². The standard InChI is InChI=1S/C64H42.C26H26N2O2S.C20H24N2O2.Zn/c1-3-17-43(18-4-1)45-33-37-47(38-34-45)61-57-29-11-7-25-53(57)55-27-9-13-31-59(55)63(61)51-23-15-21-49(41-51)50-22-16-24-52(42-50)64-60-32-14-10-28-56(60)54-26-8-12-30-58(54)62(64)48-39-35-46(36-40-48)44-19-5-2-6-20-44;1-25(2,3)15-7-9-19-17(13-15)27-23(29-19)21-11-12-22(31-21)24-28-18-14-16(26(4,5)6)8-10-20(18)30-24;23-19-11-5-3-9-17(19)15-21-13-7-1-2-8-14-22-16-18-10-4-6-12-20(18)24;/h1-42H;7-14H,1-6H3;3-6,9-12,15-16,23-24H,1-2,7-8,13-14H2;. The van der Waals surface area contributed by atoms with Crippen LogP contribution in [0.2, 0.25) is 0 Å². The third kappa shape index (κ3) is 17.7. The van der Waals surface area contributed by atoms with Gasteiger partial charge in [0.2, 0.25) is 11.8 Å². The number of aliphatic imine (C=N–C) groups is 2. The molecule has 0 bridgehead atoms. The maximum absolute atomic E-state index is 9.61. The summed E-state index contributed by atoms with van der Waals surface area (Å²) in [5.74, 6) is 1.79. The number of unbranched alkanes of at least 4 members (excludes halogenated alkanes) is 3. The van der Waals surface area contributed by atoms with Crippen LogP contribution in [0, 0.1) is 0 Å². The number of hydrogen-bond donors (Lipinski definition) is 2. The molecule has 19 rings (SSSR count). The Labute approximate surface area is 718 Å². The number of nitrogens with zero attached hydrogens (tertiary/aromatic N) is 4. The Balaban J connectivity index is 0.000000158. The summed E-state index contributed by atoms with van der Waals surface area (Å²) in [7, 11) is 0. The number of aromatic hydroxyl groups is 2. The first-order valence-corrected chi connectivity index (χ1v) is 41.8. The van der Waals surface area contributed by atoms with Crippen LogP contribution in [0.5, 0.6) is 11.5 Å². The summed E-state index contributed by atoms with van der Waals surface area (Å²) in [6, 6.07) is 124. The summed E-state index contributed by atoms with van der Waals surface area (Å²) in [6.45, 7) is 14.7. The number of aromatic nitrogens is 2. The molecule has 0 atom stereocenters. The molecule has 0 saturated carbocycles. The Hall–Kier alpha value is -13.2. The average Bonchev–Trinajstić information content (AvgIpc) is 0.935. The van der Waals surface area contributed by atoms with Gasteiger partial charge in [-0.3, -0.25) is 9.98 Å². The van der Waals surface area contributed by atoms with E-state index in [4.69, 9.17) is 18.8 Å². The van der Waals surface area contributed by atoms with E-state index in [9.17, 15) is 10.2 Å². The first kappa shape index (κ1) is 80.5. The van der Waals surface area contributed by atoms with Gasteiger partial charge in [-0.05, 0) is 229 Å². The van der Waals surface area contributed by atoms with Crippen molar-refractivity contribution in [2.75, 3.05) is 13.1 Å². The van der Waals surface area contributed by atoms with Gasteiger partial charge in [-0.1, -0.05) is 333 Å². The zero-order valence-corrected chi connectivity index (χ0v) is 72.3. The SMILES string of the molecule is CC(C)(C)c1ccc2oc(-c3ccc(-c4nc5cc(C(C)(C)C)ccc5o4)s3)nc2c1.Oc1ccccc1C=NCCCCCCN=Cc1ccccc1O.[Zn].c1ccc(-c2ccc(-c3c(-c4cccc(-c5cccc(-c6c(-c7ccc(-c8ccccc8)cc7)c7ccccc7c7ccccc67)c5)c4)c4ccccc4c4ccccc34)cc2)cc1. The number of phenolic OH excluding ortho intramolecular Hbond substituents is 2. The van der Waals surface area contributed by atoms with Gasteiger partial charge in [0, 0.05) is 56.1 Å². The molecular formula is C110H92N4O4SZn. The van der Waals surface area contributed by atoms with Crippen LogP contribution in [0.3, 0.4) is 0 Å². The van der Waals surface area contributed by atoms with Crippen molar-refractivity contribution in [1.29, 1.82) is 0 Å². The molecule has 0 aliphatic rings. The molecule has 584 valence electrons. The van der Waals surface area contributed by atoms with E-state index in [0.29, 0.717) is 11.8 Å². The first-order valence-electron chi connectivity index (χ1n) is 41.0. The fourth-order valence-corrected chi connectivity index (χ4v) is 16.8. The number of para-hydroxylation sites is 2. The smallest absolute Gasteiger partial charge is 0.237 e. The van der Waals surface area contributed by atoms with Gasteiger partial charge in [-0.2, -0.15) is 0 Å². The number of benzene rings is 16. The summed E-state index contributed by atoms with van der Waals surface area (Å²) in [5, 5.41) is 29.3. The second kappa shape index (κ2) is 35.9. The topological polar surface area (TPSA) is 117 Å². The number of thiophene rings is 1. The number of oxazole rings is 2. The number of hydrogen-bond acceptors (Lipinski definition) is 9. The van der Waals surface area contributed by atoms with E-state index in [2.05, 4.69) is 331 Å². The van der Waals surface area contributed by atoms with Crippen molar-refractivity contribution in [3.63, 3.8) is 0 Å². The summed E-state index contributed by atoms with van der Waals surface area (Å²) < 4.78 is 12.1. The van der Waals surface area contributed by atoms with Gasteiger partial charge in [-0.15, -0.1) is 11.3 Å². The molecule has 3 heterocycles. The van der Waals surface area contributed by atoms with E-state index in [0.717, 1.165) is 81.9 Å². The van der Waals surface area contributed by atoms with Crippen LogP contribution in [0.4, 0.5) is 0 Å². The van der Waals surface area contributed by atoms with E-state index >= 15 is 0 Å². The van der Waals surface area contributed by atoms with Crippen LogP contribution in [0.25, 0.3) is 165 Å². The molecule has 0 radical (unpaired) electrons. The van der Waals surface area contributed by atoms with Crippen molar-refractivity contribution < 1.29 is 38.5 Å². The predicted molar refractivity (Wildman–Crippen MR) is 502 cm³/mol. The summed E-state index contributed by atoms with van der Waals surface area (Å²) in [6.07, 6.45) is 7.76. The van der Waals surface area contributed by atoms with Crippen molar-refractivity contribution in [2.45, 2.75) is 78.1 Å². The summed E-state index contributed by atoms with van der Waals surface area (Å²) in [4.78, 5) is 20.1. The normalized spacial score (nSPS) is 11.7. The van der Waals surface area contributed by atoms with Gasteiger partial charge in [0.15, 0.2) is 11.2 Å². The maximum atomic E-state index is 9.61. The van der Waals surface area contributed by atoms with Gasteiger partial charge in [0.1, 0.15) is 22.5 Å². The molecule has 120 heavy (non-hydrogen) atoms. The predicted octanol–water partition coefficient (Wildman–Crippen LogP) is 30.1. The zero-order chi connectivity index (χ0) is 81.4. The molecule has 0 amide bonds. The van der Waals surface area contributed by atoms with Crippen molar-refractivity contribution >= 4 is 89.1 Å². The maximum Gasteiger partial charge on any atom is 0.237 e. The second-order valence-electron chi connectivity index (χ2n) is 32.4. The summed E-state index contributed by atoms with van der Waals surface area (Å²) >= 11 is 1.58. The zero-order valence-electron chi connectivity index (χ0n) is 68.5. The van der Waals surface area contributed by atoms with Crippen molar-refractivity contribution in [2.24, 2.45) is 9.98 Å². The van der Waals surface area contributed by atoms with E-state index in [1.54, 1.807) is 48.0 Å². The molecule has 0 aliphatic carbocycles. The fraction of sp³-hybridized carbons (Fsp3) is 0.127.